The quantitative estimate of drug-likeness (QED) is 0.841. The van der Waals surface area contributed by atoms with E-state index in [1.807, 2.05) is 0 Å². The van der Waals surface area contributed by atoms with Crippen LogP contribution in [0.25, 0.3) is 0 Å². The normalized spacial score (nSPS) is 25.4. The first-order valence-corrected chi connectivity index (χ1v) is 7.40. The lowest BCUT2D eigenvalue weighted by atomic mass is 9.88. The second-order valence-electron chi connectivity index (χ2n) is 5.53. The molecule has 0 bridgehead atoms. The Kier molecular flexibility index (Phi) is 5.69. The van der Waals surface area contributed by atoms with Crippen molar-refractivity contribution in [1.29, 1.82) is 0 Å². The molecule has 0 unspecified atom stereocenters. The maximum absolute atomic E-state index is 10.2. The van der Waals surface area contributed by atoms with Gasteiger partial charge in [-0.3, -0.25) is 0 Å². The smallest absolute Gasteiger partial charge is 0.101 e. The van der Waals surface area contributed by atoms with Gasteiger partial charge in [0.2, 0.25) is 0 Å². The van der Waals surface area contributed by atoms with Crippen molar-refractivity contribution in [2.45, 2.75) is 51.2 Å². The minimum absolute atomic E-state index is 0.0719. The Morgan fingerprint density at radius 2 is 1.72 bits per heavy atom. The number of aliphatic hydroxyl groups excluding tert-OH is 1. The molecule has 18 heavy (non-hydrogen) atoms. The monoisotopic (exact) mass is 248 g/mol. The van der Waals surface area contributed by atoms with Gasteiger partial charge in [0, 0.05) is 11.5 Å². The second kappa shape index (κ2) is 7.55. The molecular weight excluding hydrogens is 222 g/mol. The number of rotatable bonds is 4. The minimum atomic E-state index is -0.0719. The van der Waals surface area contributed by atoms with E-state index in [0.29, 0.717) is 5.92 Å². The van der Waals surface area contributed by atoms with Crippen molar-refractivity contribution in [3.05, 3.63) is 35.9 Å². The van der Waals surface area contributed by atoms with E-state index < -0.39 is 0 Å². The summed E-state index contributed by atoms with van der Waals surface area (Å²) in [4.78, 5) is 0. The number of benzene rings is 1. The van der Waals surface area contributed by atoms with Gasteiger partial charge in [-0.15, -0.1) is 0 Å². The Morgan fingerprint density at radius 1 is 1.00 bits per heavy atom. The fourth-order valence-electron chi connectivity index (χ4n) is 2.89. The van der Waals surface area contributed by atoms with Crippen LogP contribution in [0.3, 0.4) is 0 Å². The lowest BCUT2D eigenvalue weighted by Gasteiger charge is -2.24. The minimum Gasteiger partial charge on any atom is -0.393 e. The fourth-order valence-corrected chi connectivity index (χ4v) is 2.89. The zero-order chi connectivity index (χ0) is 12.6. The van der Waals surface area contributed by atoms with Crippen molar-refractivity contribution >= 4 is 0 Å². The predicted octanol–water partition coefficient (Wildman–Crippen LogP) is 2.08. The Morgan fingerprint density at radius 3 is 2.50 bits per heavy atom. The molecule has 3 N–H and O–H groups in total. The molecule has 1 aromatic carbocycles. The van der Waals surface area contributed by atoms with E-state index in [1.54, 1.807) is 0 Å². The summed E-state index contributed by atoms with van der Waals surface area (Å²) in [6.45, 7) is 2.10. The Balaban J connectivity index is 1.74. The zero-order valence-corrected chi connectivity index (χ0v) is 11.2. The first kappa shape index (κ1) is 13.6. The molecule has 0 saturated heterocycles. The number of aliphatic hydroxyl groups is 1. The van der Waals surface area contributed by atoms with Crippen molar-refractivity contribution in [1.82, 2.24) is 0 Å². The van der Waals surface area contributed by atoms with Crippen LogP contribution >= 0.6 is 0 Å². The summed E-state index contributed by atoms with van der Waals surface area (Å²) in [5.41, 5.74) is 1.37. The third kappa shape index (κ3) is 4.43. The molecule has 0 aliphatic heterocycles. The Hall–Kier alpha value is -0.860. The maximum atomic E-state index is 10.2. The van der Waals surface area contributed by atoms with Crippen LogP contribution in [0.1, 0.15) is 44.1 Å². The molecule has 0 heterocycles. The summed E-state index contributed by atoms with van der Waals surface area (Å²) in [6.07, 6.45) is 7.28. The van der Waals surface area contributed by atoms with Crippen LogP contribution in [0, 0.1) is 5.92 Å². The number of quaternary nitrogens is 1. The van der Waals surface area contributed by atoms with Gasteiger partial charge in [-0.2, -0.15) is 0 Å². The number of nitrogens with two attached hydrogens (primary N) is 1. The highest BCUT2D eigenvalue weighted by molar-refractivity contribution is 5.12. The lowest BCUT2D eigenvalue weighted by molar-refractivity contribution is -0.677. The SMILES string of the molecule is O[C@H]1CCCCCC[C@H]1C[NH2+]Cc1ccccc1. The third-order valence-electron chi connectivity index (χ3n) is 4.06. The van der Waals surface area contributed by atoms with Gasteiger partial charge < -0.3 is 10.4 Å². The van der Waals surface area contributed by atoms with Gasteiger partial charge in [-0.05, 0) is 12.8 Å². The van der Waals surface area contributed by atoms with Gasteiger partial charge in [0.05, 0.1) is 12.6 Å². The van der Waals surface area contributed by atoms with Crippen molar-refractivity contribution in [3.63, 3.8) is 0 Å². The molecular formula is C16H26NO+. The van der Waals surface area contributed by atoms with Crippen LogP contribution in [-0.2, 0) is 6.54 Å². The van der Waals surface area contributed by atoms with E-state index in [1.165, 1.54) is 37.7 Å². The first-order valence-electron chi connectivity index (χ1n) is 7.40. The van der Waals surface area contributed by atoms with Gasteiger partial charge in [0.25, 0.3) is 0 Å². The van der Waals surface area contributed by atoms with E-state index in [2.05, 4.69) is 35.6 Å². The summed E-state index contributed by atoms with van der Waals surface area (Å²) < 4.78 is 0. The zero-order valence-electron chi connectivity index (χ0n) is 11.2. The highest BCUT2D eigenvalue weighted by Crippen LogP contribution is 2.21. The van der Waals surface area contributed by atoms with Crippen LogP contribution in [0.4, 0.5) is 0 Å². The average molecular weight is 248 g/mol. The van der Waals surface area contributed by atoms with Crippen molar-refractivity contribution in [2.75, 3.05) is 6.54 Å². The standard InChI is InChI=1S/C16H25NO/c18-16-11-7-2-1-6-10-15(16)13-17-12-14-8-4-3-5-9-14/h3-5,8-9,15-18H,1-2,6-7,10-13H2/p+1/t15-,16-/m0/s1. The van der Waals surface area contributed by atoms with Gasteiger partial charge in [0.1, 0.15) is 6.54 Å². The first-order chi connectivity index (χ1) is 8.86. The molecule has 1 aromatic rings. The molecule has 1 saturated carbocycles. The van der Waals surface area contributed by atoms with Gasteiger partial charge in [-0.1, -0.05) is 56.0 Å². The molecule has 2 rings (SSSR count). The van der Waals surface area contributed by atoms with E-state index in [9.17, 15) is 5.11 Å². The molecule has 0 aromatic heterocycles. The van der Waals surface area contributed by atoms with E-state index in [-0.39, 0.29) is 6.10 Å². The van der Waals surface area contributed by atoms with Crippen molar-refractivity contribution in [2.24, 2.45) is 5.92 Å². The van der Waals surface area contributed by atoms with Gasteiger partial charge in [0.15, 0.2) is 0 Å². The summed E-state index contributed by atoms with van der Waals surface area (Å²) in [6, 6.07) is 10.6. The van der Waals surface area contributed by atoms with Crippen LogP contribution < -0.4 is 5.32 Å². The summed E-state index contributed by atoms with van der Waals surface area (Å²) in [7, 11) is 0. The molecule has 2 heteroatoms. The van der Waals surface area contributed by atoms with E-state index >= 15 is 0 Å². The molecule has 2 atom stereocenters. The van der Waals surface area contributed by atoms with Crippen molar-refractivity contribution < 1.29 is 10.4 Å². The third-order valence-corrected chi connectivity index (χ3v) is 4.06. The van der Waals surface area contributed by atoms with Crippen LogP contribution in [0.2, 0.25) is 0 Å². The number of hydrogen-bond donors (Lipinski definition) is 2. The van der Waals surface area contributed by atoms with E-state index in [4.69, 9.17) is 0 Å². The molecule has 1 aliphatic rings. The van der Waals surface area contributed by atoms with Crippen LogP contribution in [0.15, 0.2) is 30.3 Å². The molecule has 0 radical (unpaired) electrons. The van der Waals surface area contributed by atoms with Crippen LogP contribution in [-0.4, -0.2) is 17.8 Å². The molecule has 0 spiro atoms. The molecule has 1 aliphatic carbocycles. The average Bonchev–Trinajstić information content (AvgIpc) is 2.39. The summed E-state index contributed by atoms with van der Waals surface area (Å²) in [5.74, 6) is 0.494. The predicted molar refractivity (Wildman–Crippen MR) is 74.1 cm³/mol. The highest BCUT2D eigenvalue weighted by atomic mass is 16.3. The molecule has 100 valence electrons. The van der Waals surface area contributed by atoms with Crippen molar-refractivity contribution in [3.8, 4) is 0 Å². The van der Waals surface area contributed by atoms with E-state index in [0.717, 1.165) is 19.5 Å². The lowest BCUT2D eigenvalue weighted by Crippen LogP contribution is -2.84. The number of hydrogen-bond acceptors (Lipinski definition) is 1. The summed E-state index contributed by atoms with van der Waals surface area (Å²) in [5, 5.41) is 12.5. The molecule has 2 nitrogen and oxygen atoms in total. The second-order valence-corrected chi connectivity index (χ2v) is 5.53. The summed E-state index contributed by atoms with van der Waals surface area (Å²) >= 11 is 0. The molecule has 1 fully saturated rings. The Labute approximate surface area is 110 Å². The largest absolute Gasteiger partial charge is 0.393 e. The van der Waals surface area contributed by atoms with Gasteiger partial charge >= 0.3 is 0 Å². The topological polar surface area (TPSA) is 36.8 Å². The highest BCUT2D eigenvalue weighted by Gasteiger charge is 2.21. The fraction of sp³-hybridized carbons (Fsp3) is 0.625. The maximum Gasteiger partial charge on any atom is 0.101 e. The molecule has 0 amide bonds. The Bertz CT molecular complexity index is 325. The van der Waals surface area contributed by atoms with Crippen LogP contribution in [0.5, 0.6) is 0 Å². The van der Waals surface area contributed by atoms with Gasteiger partial charge in [-0.25, -0.2) is 0 Å².